The second kappa shape index (κ2) is 4.41. The number of rotatable bonds is 2. The first-order chi connectivity index (χ1) is 8.71. The summed E-state index contributed by atoms with van der Waals surface area (Å²) in [6.45, 7) is 1.58. The first kappa shape index (κ1) is 13.7. The lowest BCUT2D eigenvalue weighted by atomic mass is 10.3. The summed E-state index contributed by atoms with van der Waals surface area (Å²) in [5, 5.41) is 13.9. The van der Waals surface area contributed by atoms with Gasteiger partial charge < -0.3 is 10.8 Å². The van der Waals surface area contributed by atoms with E-state index in [1.54, 1.807) is 6.92 Å². The highest BCUT2D eigenvalue weighted by atomic mass is 35.5. The SMILES string of the molecule is Cc1nn(-c2cc(S(=O)(=O)O)ccc2Cl)c(O)c1N. The molecule has 0 fully saturated rings. The maximum Gasteiger partial charge on any atom is 0.294 e. The van der Waals surface area contributed by atoms with E-state index in [0.29, 0.717) is 5.69 Å². The second-order valence-electron chi connectivity index (χ2n) is 3.82. The van der Waals surface area contributed by atoms with Crippen LogP contribution in [0, 0.1) is 6.92 Å². The van der Waals surface area contributed by atoms with Crippen molar-refractivity contribution in [1.82, 2.24) is 9.78 Å². The Morgan fingerprint density at radius 3 is 2.53 bits per heavy atom. The molecule has 1 heterocycles. The van der Waals surface area contributed by atoms with Crippen molar-refractivity contribution in [3.05, 3.63) is 28.9 Å². The number of aryl methyl sites for hydroxylation is 1. The van der Waals surface area contributed by atoms with Crippen LogP contribution in [0.1, 0.15) is 5.69 Å². The van der Waals surface area contributed by atoms with Crippen LogP contribution in [-0.4, -0.2) is 27.9 Å². The molecule has 102 valence electrons. The molecule has 2 aromatic rings. The number of anilines is 1. The van der Waals surface area contributed by atoms with Gasteiger partial charge in [-0.25, -0.2) is 0 Å². The van der Waals surface area contributed by atoms with Gasteiger partial charge in [-0.1, -0.05) is 11.6 Å². The Morgan fingerprint density at radius 1 is 1.42 bits per heavy atom. The average Bonchev–Trinajstić information content (AvgIpc) is 2.56. The van der Waals surface area contributed by atoms with Gasteiger partial charge in [-0.05, 0) is 25.1 Å². The number of hydrogen-bond acceptors (Lipinski definition) is 5. The highest BCUT2D eigenvalue weighted by molar-refractivity contribution is 7.85. The third kappa shape index (κ3) is 2.37. The molecular weight excluding hydrogens is 294 g/mol. The van der Waals surface area contributed by atoms with E-state index in [4.69, 9.17) is 21.9 Å². The van der Waals surface area contributed by atoms with Gasteiger partial charge in [0.2, 0.25) is 5.88 Å². The molecule has 0 atom stereocenters. The number of hydrogen-bond donors (Lipinski definition) is 3. The summed E-state index contributed by atoms with van der Waals surface area (Å²) in [6.07, 6.45) is 0. The van der Waals surface area contributed by atoms with E-state index in [1.165, 1.54) is 6.07 Å². The summed E-state index contributed by atoms with van der Waals surface area (Å²) in [5.41, 5.74) is 6.09. The van der Waals surface area contributed by atoms with Gasteiger partial charge in [0.1, 0.15) is 5.69 Å². The molecule has 0 spiro atoms. The van der Waals surface area contributed by atoms with Crippen molar-refractivity contribution < 1.29 is 18.1 Å². The maximum absolute atomic E-state index is 11.1. The molecule has 0 aliphatic heterocycles. The summed E-state index contributed by atoms with van der Waals surface area (Å²) in [5.74, 6) is -0.355. The second-order valence-corrected chi connectivity index (χ2v) is 5.65. The van der Waals surface area contributed by atoms with E-state index in [9.17, 15) is 13.5 Å². The van der Waals surface area contributed by atoms with Crippen LogP contribution >= 0.6 is 11.6 Å². The van der Waals surface area contributed by atoms with E-state index in [0.717, 1.165) is 16.8 Å². The zero-order valence-electron chi connectivity index (χ0n) is 9.70. The molecule has 1 aromatic carbocycles. The summed E-state index contributed by atoms with van der Waals surface area (Å²) < 4.78 is 32.2. The first-order valence-corrected chi connectivity index (χ1v) is 6.85. The van der Waals surface area contributed by atoms with Crippen molar-refractivity contribution in [2.45, 2.75) is 11.8 Å². The van der Waals surface area contributed by atoms with Crippen molar-refractivity contribution in [1.29, 1.82) is 0 Å². The third-order valence-electron chi connectivity index (χ3n) is 2.52. The summed E-state index contributed by atoms with van der Waals surface area (Å²) in [4.78, 5) is -0.363. The molecule has 1 aromatic heterocycles. The van der Waals surface area contributed by atoms with Crippen molar-refractivity contribution in [2.75, 3.05) is 5.73 Å². The Hall–Kier alpha value is -1.77. The zero-order chi connectivity index (χ0) is 14.4. The molecule has 2 rings (SSSR count). The summed E-state index contributed by atoms with van der Waals surface area (Å²) in [6, 6.07) is 3.49. The van der Waals surface area contributed by atoms with Crippen molar-refractivity contribution in [3.8, 4) is 11.6 Å². The highest BCUT2D eigenvalue weighted by Crippen LogP contribution is 2.31. The highest BCUT2D eigenvalue weighted by Gasteiger charge is 2.18. The van der Waals surface area contributed by atoms with Crippen molar-refractivity contribution in [2.24, 2.45) is 0 Å². The quantitative estimate of drug-likeness (QED) is 0.721. The number of nitrogen functional groups attached to an aromatic ring is 1. The molecule has 4 N–H and O–H groups in total. The molecule has 0 aliphatic carbocycles. The van der Waals surface area contributed by atoms with Gasteiger partial charge in [0, 0.05) is 0 Å². The van der Waals surface area contributed by atoms with Gasteiger partial charge in [0.15, 0.2) is 0 Å². The van der Waals surface area contributed by atoms with E-state index in [-0.39, 0.29) is 27.2 Å². The molecule has 0 aliphatic rings. The number of aromatic nitrogens is 2. The Morgan fingerprint density at radius 2 is 2.05 bits per heavy atom. The van der Waals surface area contributed by atoms with E-state index >= 15 is 0 Å². The van der Waals surface area contributed by atoms with Crippen LogP contribution in [0.2, 0.25) is 5.02 Å². The fraction of sp³-hybridized carbons (Fsp3) is 0.100. The van der Waals surface area contributed by atoms with E-state index < -0.39 is 10.1 Å². The smallest absolute Gasteiger partial charge is 0.294 e. The minimum absolute atomic E-state index is 0.0633. The van der Waals surface area contributed by atoms with Gasteiger partial charge in [0.25, 0.3) is 10.1 Å². The standard InChI is InChI=1S/C10H10ClN3O4S/c1-5-9(12)10(15)14(13-5)8-4-6(19(16,17)18)2-3-7(8)11/h2-4,15H,12H2,1H3,(H,16,17,18). The van der Waals surface area contributed by atoms with Gasteiger partial charge >= 0.3 is 0 Å². The van der Waals surface area contributed by atoms with Crippen LogP contribution in [0.5, 0.6) is 5.88 Å². The Bertz CT molecular complexity index is 754. The van der Waals surface area contributed by atoms with Crippen LogP contribution in [0.3, 0.4) is 0 Å². The van der Waals surface area contributed by atoms with Crippen LogP contribution in [0.4, 0.5) is 5.69 Å². The largest absolute Gasteiger partial charge is 0.492 e. The lowest BCUT2D eigenvalue weighted by Gasteiger charge is -2.07. The van der Waals surface area contributed by atoms with Crippen LogP contribution in [-0.2, 0) is 10.1 Å². The first-order valence-electron chi connectivity index (χ1n) is 5.03. The molecule has 19 heavy (non-hydrogen) atoms. The predicted octanol–water partition coefficient (Wildman–Crippen LogP) is 1.37. The number of nitrogens with two attached hydrogens (primary N) is 1. The van der Waals surface area contributed by atoms with Gasteiger partial charge in [-0.15, -0.1) is 0 Å². The lowest BCUT2D eigenvalue weighted by molar-refractivity contribution is 0.435. The number of aromatic hydroxyl groups is 1. The normalized spacial score (nSPS) is 11.7. The molecule has 0 unspecified atom stereocenters. The van der Waals surface area contributed by atoms with Gasteiger partial charge in [0.05, 0.1) is 21.3 Å². The summed E-state index contributed by atoms with van der Waals surface area (Å²) in [7, 11) is -4.38. The maximum atomic E-state index is 11.1. The number of benzene rings is 1. The zero-order valence-corrected chi connectivity index (χ0v) is 11.3. The number of nitrogens with zero attached hydrogens (tertiary/aromatic N) is 2. The fourth-order valence-electron chi connectivity index (χ4n) is 1.51. The van der Waals surface area contributed by atoms with Gasteiger partial charge in [-0.2, -0.15) is 18.2 Å². The Balaban J connectivity index is 2.71. The molecule has 0 saturated heterocycles. The lowest BCUT2D eigenvalue weighted by Crippen LogP contribution is -2.02. The number of halogens is 1. The molecule has 0 bridgehead atoms. The Labute approximate surface area is 114 Å². The van der Waals surface area contributed by atoms with Crippen molar-refractivity contribution >= 4 is 27.4 Å². The average molecular weight is 304 g/mol. The van der Waals surface area contributed by atoms with Crippen LogP contribution in [0.25, 0.3) is 5.69 Å². The van der Waals surface area contributed by atoms with E-state index in [1.807, 2.05) is 0 Å². The molecule has 7 nitrogen and oxygen atoms in total. The topological polar surface area (TPSA) is 118 Å². The minimum Gasteiger partial charge on any atom is -0.492 e. The van der Waals surface area contributed by atoms with Crippen molar-refractivity contribution in [3.63, 3.8) is 0 Å². The molecule has 0 radical (unpaired) electrons. The summed E-state index contributed by atoms with van der Waals surface area (Å²) >= 11 is 5.93. The fourth-order valence-corrected chi connectivity index (χ4v) is 2.21. The van der Waals surface area contributed by atoms with Crippen LogP contribution < -0.4 is 5.73 Å². The van der Waals surface area contributed by atoms with Crippen LogP contribution in [0.15, 0.2) is 23.1 Å². The predicted molar refractivity (Wildman–Crippen MR) is 69.2 cm³/mol. The molecule has 0 saturated carbocycles. The molecular formula is C10H10ClN3O4S. The monoisotopic (exact) mass is 303 g/mol. The van der Waals surface area contributed by atoms with E-state index in [2.05, 4.69) is 5.10 Å². The molecule has 0 amide bonds. The molecule has 9 heteroatoms. The van der Waals surface area contributed by atoms with Gasteiger partial charge in [-0.3, -0.25) is 4.55 Å². The third-order valence-corrected chi connectivity index (χ3v) is 3.69. The minimum atomic E-state index is -4.38. The Kier molecular flexibility index (Phi) is 3.17.